The highest BCUT2D eigenvalue weighted by molar-refractivity contribution is 6.32. The maximum atomic E-state index is 11.4. The highest BCUT2D eigenvalue weighted by atomic mass is 35.5. The van der Waals surface area contributed by atoms with E-state index >= 15 is 0 Å². The lowest BCUT2D eigenvalue weighted by Gasteiger charge is -2.07. The number of rotatable bonds is 4. The lowest BCUT2D eigenvalue weighted by Crippen LogP contribution is -2.25. The molecule has 0 saturated carbocycles. The molecule has 0 amide bonds. The standard InChI is InChI=1S/C13H9ClN2O2.C13H9ClN2O/c1-18-10-4-2-3-9(5-10)12-7-16(17)8-13(14)11(12)6-15;1-17-10-4-2-3-9(5-10)12-7-16-8-13(14)11(12)6-15/h2-5,7-8H,1H3;2-5,7-8H,1H3. The fourth-order valence-corrected chi connectivity index (χ4v) is 3.66. The quantitative estimate of drug-likeness (QED) is 0.256. The van der Waals surface area contributed by atoms with Gasteiger partial charge in [-0.1, -0.05) is 47.5 Å². The number of hydrogen-bond acceptors (Lipinski definition) is 6. The molecule has 4 aromatic rings. The minimum atomic E-state index is 0.132. The molecule has 0 aliphatic carbocycles. The minimum Gasteiger partial charge on any atom is -0.619 e. The molecule has 0 radical (unpaired) electrons. The molecule has 9 heteroatoms. The number of nitriles is 2. The van der Waals surface area contributed by atoms with Gasteiger partial charge in [0.05, 0.1) is 35.9 Å². The largest absolute Gasteiger partial charge is 0.619 e. The van der Waals surface area contributed by atoms with Crippen molar-refractivity contribution in [3.8, 4) is 45.9 Å². The van der Waals surface area contributed by atoms with Crippen molar-refractivity contribution < 1.29 is 14.2 Å². The number of benzene rings is 2. The van der Waals surface area contributed by atoms with Crippen LogP contribution in [-0.2, 0) is 0 Å². The summed E-state index contributed by atoms with van der Waals surface area (Å²) >= 11 is 11.8. The summed E-state index contributed by atoms with van der Waals surface area (Å²) in [5, 5.41) is 30.1. The van der Waals surface area contributed by atoms with Crippen molar-refractivity contribution in [2.45, 2.75) is 0 Å². The average molecular weight is 505 g/mol. The first-order valence-corrected chi connectivity index (χ1v) is 10.8. The average Bonchev–Trinajstić information content (AvgIpc) is 2.88. The number of ether oxygens (including phenoxy) is 2. The fraction of sp³-hybridized carbons (Fsp3) is 0.0769. The highest BCUT2D eigenvalue weighted by Crippen LogP contribution is 2.30. The van der Waals surface area contributed by atoms with Crippen LogP contribution in [0.5, 0.6) is 11.5 Å². The third-order valence-corrected chi connectivity index (χ3v) is 5.46. The smallest absolute Gasteiger partial charge is 0.200 e. The third-order valence-electron chi connectivity index (χ3n) is 4.89. The second kappa shape index (κ2) is 11.7. The molecule has 0 fully saturated rings. The fourth-order valence-electron chi connectivity index (χ4n) is 3.22. The highest BCUT2D eigenvalue weighted by Gasteiger charge is 2.15. The molecule has 4 rings (SSSR count). The Kier molecular flexibility index (Phi) is 8.48. The second-order valence-corrected chi connectivity index (χ2v) is 7.80. The van der Waals surface area contributed by atoms with Crippen LogP contribution in [0.3, 0.4) is 0 Å². The number of pyridine rings is 2. The molecule has 0 unspecified atom stereocenters. The van der Waals surface area contributed by atoms with E-state index in [-0.39, 0.29) is 10.6 Å². The Balaban J connectivity index is 0.000000196. The van der Waals surface area contributed by atoms with Crippen molar-refractivity contribution in [1.82, 2.24) is 4.98 Å². The minimum absolute atomic E-state index is 0.132. The van der Waals surface area contributed by atoms with Gasteiger partial charge in [-0.25, -0.2) is 0 Å². The Hall–Kier alpha value is -4.30. The van der Waals surface area contributed by atoms with E-state index in [0.717, 1.165) is 17.5 Å². The summed E-state index contributed by atoms with van der Waals surface area (Å²) in [6.45, 7) is 0. The molecular formula is C26H18Cl2N4O3. The maximum Gasteiger partial charge on any atom is 0.200 e. The van der Waals surface area contributed by atoms with Crippen LogP contribution in [0.15, 0.2) is 73.3 Å². The molecule has 2 aromatic carbocycles. The van der Waals surface area contributed by atoms with Gasteiger partial charge in [-0.15, -0.1) is 0 Å². The maximum absolute atomic E-state index is 11.4. The first-order valence-electron chi connectivity index (χ1n) is 10.1. The first kappa shape index (κ1) is 25.3. The van der Waals surface area contributed by atoms with Crippen LogP contribution in [0.25, 0.3) is 22.3 Å². The normalized spacial score (nSPS) is 9.77. The van der Waals surface area contributed by atoms with Crippen LogP contribution < -0.4 is 14.2 Å². The molecule has 0 N–H and O–H groups in total. The number of hydrogen-bond donors (Lipinski definition) is 0. The van der Waals surface area contributed by atoms with Crippen molar-refractivity contribution >= 4 is 23.2 Å². The molecule has 0 aliphatic heterocycles. The van der Waals surface area contributed by atoms with E-state index < -0.39 is 0 Å². The van der Waals surface area contributed by atoms with Gasteiger partial charge in [-0.3, -0.25) is 4.98 Å². The molecule has 0 aliphatic rings. The SMILES string of the molecule is COc1cccc(-c2c[n+]([O-])cc(Cl)c2C#N)c1.COc1cccc(-c2cncc(Cl)c2C#N)c1. The molecular weight excluding hydrogens is 487 g/mol. The van der Waals surface area contributed by atoms with Crippen LogP contribution in [0.2, 0.25) is 10.0 Å². The summed E-state index contributed by atoms with van der Waals surface area (Å²) in [4.78, 5) is 4.00. The van der Waals surface area contributed by atoms with Gasteiger partial charge in [0.15, 0.2) is 12.4 Å². The van der Waals surface area contributed by atoms with Crippen molar-refractivity contribution in [2.75, 3.05) is 14.2 Å². The van der Waals surface area contributed by atoms with E-state index in [2.05, 4.69) is 11.1 Å². The molecule has 0 saturated heterocycles. The van der Waals surface area contributed by atoms with Crippen molar-refractivity contribution in [2.24, 2.45) is 0 Å². The topological polar surface area (TPSA) is 106 Å². The number of nitrogens with zero attached hydrogens (tertiary/aromatic N) is 4. The zero-order chi connectivity index (χ0) is 25.4. The number of aromatic nitrogens is 2. The Morgan fingerprint density at radius 2 is 1.34 bits per heavy atom. The van der Waals surface area contributed by atoms with E-state index in [1.54, 1.807) is 44.7 Å². The second-order valence-electron chi connectivity index (χ2n) is 6.99. The van der Waals surface area contributed by atoms with E-state index in [9.17, 15) is 5.21 Å². The summed E-state index contributed by atoms with van der Waals surface area (Å²) in [5.41, 5.74) is 3.46. The molecule has 2 heterocycles. The van der Waals surface area contributed by atoms with Crippen LogP contribution in [-0.4, -0.2) is 19.2 Å². The third kappa shape index (κ3) is 5.99. The predicted octanol–water partition coefficient (Wildman–Crippen LogP) is 5.80. The summed E-state index contributed by atoms with van der Waals surface area (Å²) in [6, 6.07) is 18.6. The zero-order valence-electron chi connectivity index (χ0n) is 18.7. The lowest BCUT2D eigenvalue weighted by atomic mass is 10.0. The Labute approximate surface area is 212 Å². The van der Waals surface area contributed by atoms with Gasteiger partial charge >= 0.3 is 0 Å². The van der Waals surface area contributed by atoms with Crippen molar-refractivity contribution in [1.29, 1.82) is 10.5 Å². The Morgan fingerprint density at radius 3 is 1.89 bits per heavy atom. The molecule has 0 spiro atoms. The van der Waals surface area contributed by atoms with Crippen LogP contribution in [0.1, 0.15) is 11.1 Å². The molecule has 35 heavy (non-hydrogen) atoms. The first-order chi connectivity index (χ1) is 16.9. The summed E-state index contributed by atoms with van der Waals surface area (Å²) in [6.07, 6.45) is 5.56. The van der Waals surface area contributed by atoms with E-state index in [1.165, 1.54) is 12.4 Å². The van der Waals surface area contributed by atoms with E-state index in [0.29, 0.717) is 37.8 Å². The molecule has 2 aromatic heterocycles. The molecule has 0 atom stereocenters. The van der Waals surface area contributed by atoms with Gasteiger partial charge in [0.2, 0.25) is 0 Å². The van der Waals surface area contributed by atoms with Gasteiger partial charge in [0.25, 0.3) is 0 Å². The van der Waals surface area contributed by atoms with Gasteiger partial charge in [-0.2, -0.15) is 15.3 Å². The van der Waals surface area contributed by atoms with Crippen LogP contribution in [0, 0.1) is 27.9 Å². The van der Waals surface area contributed by atoms with Crippen molar-refractivity contribution in [3.63, 3.8) is 0 Å². The molecule has 0 bridgehead atoms. The summed E-state index contributed by atoms with van der Waals surface area (Å²) < 4.78 is 10.8. The van der Waals surface area contributed by atoms with E-state index in [4.69, 9.17) is 43.2 Å². The van der Waals surface area contributed by atoms with Gasteiger partial charge in [-0.05, 0) is 35.4 Å². The van der Waals surface area contributed by atoms with Gasteiger partial charge < -0.3 is 14.7 Å². The summed E-state index contributed by atoms with van der Waals surface area (Å²) in [5.74, 6) is 1.38. The van der Waals surface area contributed by atoms with Crippen LogP contribution in [0.4, 0.5) is 0 Å². The van der Waals surface area contributed by atoms with Crippen molar-refractivity contribution in [3.05, 3.63) is 99.7 Å². The summed E-state index contributed by atoms with van der Waals surface area (Å²) in [7, 11) is 3.15. The predicted molar refractivity (Wildman–Crippen MR) is 133 cm³/mol. The number of methoxy groups -OCH3 is 2. The zero-order valence-corrected chi connectivity index (χ0v) is 20.2. The van der Waals surface area contributed by atoms with Gasteiger partial charge in [0, 0.05) is 18.0 Å². The number of halogens is 2. The monoisotopic (exact) mass is 504 g/mol. The van der Waals surface area contributed by atoms with Crippen LogP contribution >= 0.6 is 23.2 Å². The lowest BCUT2D eigenvalue weighted by molar-refractivity contribution is -0.604. The molecule has 174 valence electrons. The Bertz CT molecular complexity index is 1450. The van der Waals surface area contributed by atoms with E-state index in [1.807, 2.05) is 30.3 Å². The Morgan fingerprint density at radius 1 is 0.800 bits per heavy atom. The molecule has 7 nitrogen and oxygen atoms in total. The van der Waals surface area contributed by atoms with Gasteiger partial charge in [0.1, 0.15) is 28.7 Å².